The lowest BCUT2D eigenvalue weighted by Crippen LogP contribution is -2.20. The maximum absolute atomic E-state index is 10.6. The van der Waals surface area contributed by atoms with Crippen LogP contribution in [0, 0.1) is 5.92 Å². The highest BCUT2D eigenvalue weighted by Gasteiger charge is 2.12. The van der Waals surface area contributed by atoms with Crippen LogP contribution in [0.5, 0.6) is 0 Å². The van der Waals surface area contributed by atoms with Crippen molar-refractivity contribution in [3.05, 3.63) is 0 Å². The molecule has 3 heteroatoms. The molecule has 0 saturated heterocycles. The number of hydrogen-bond donors (Lipinski definition) is 2. The molecule has 3 nitrogen and oxygen atoms in total. The van der Waals surface area contributed by atoms with Crippen LogP contribution in [0.3, 0.4) is 0 Å². The quantitative estimate of drug-likeness (QED) is 0.545. The molecular formula is C6H12O3. The van der Waals surface area contributed by atoms with Gasteiger partial charge in [0.15, 0.2) is 5.78 Å². The minimum absolute atomic E-state index is 0.157. The highest BCUT2D eigenvalue weighted by Crippen LogP contribution is 2.00. The number of aliphatic hydroxyl groups is 2. The van der Waals surface area contributed by atoms with E-state index in [1.165, 1.54) is 0 Å². The van der Waals surface area contributed by atoms with Crippen molar-refractivity contribution >= 4 is 5.78 Å². The van der Waals surface area contributed by atoms with Crippen molar-refractivity contribution in [3.8, 4) is 0 Å². The summed E-state index contributed by atoms with van der Waals surface area (Å²) in [6, 6.07) is 0. The fourth-order valence-electron chi connectivity index (χ4n) is 0.588. The molecule has 0 aliphatic rings. The lowest BCUT2D eigenvalue weighted by atomic mass is 10.0. The van der Waals surface area contributed by atoms with Crippen molar-refractivity contribution in [2.75, 3.05) is 13.2 Å². The van der Waals surface area contributed by atoms with Gasteiger partial charge < -0.3 is 10.2 Å². The third kappa shape index (κ3) is 2.58. The molecule has 2 N–H and O–H groups in total. The lowest BCUT2D eigenvalue weighted by Gasteiger charge is -2.06. The average Bonchev–Trinajstić information content (AvgIpc) is 1.90. The Kier molecular flexibility index (Phi) is 4.26. The summed E-state index contributed by atoms with van der Waals surface area (Å²) in [7, 11) is 0. The average molecular weight is 132 g/mol. The van der Waals surface area contributed by atoms with E-state index in [0.29, 0.717) is 6.42 Å². The van der Waals surface area contributed by atoms with Crippen LogP contribution in [0.15, 0.2) is 0 Å². The third-order valence-corrected chi connectivity index (χ3v) is 1.32. The molecule has 1 atom stereocenters. The Morgan fingerprint density at radius 2 is 2.11 bits per heavy atom. The van der Waals surface area contributed by atoms with Crippen molar-refractivity contribution in [1.82, 2.24) is 0 Å². The number of hydrogen-bond acceptors (Lipinski definition) is 3. The van der Waals surface area contributed by atoms with E-state index in [-0.39, 0.29) is 18.3 Å². The summed E-state index contributed by atoms with van der Waals surface area (Å²) in [5.74, 6) is -0.644. The van der Waals surface area contributed by atoms with Crippen LogP contribution < -0.4 is 0 Å². The SMILES string of the molecule is CCC(CO)C(=O)CO. The van der Waals surface area contributed by atoms with Crippen LogP contribution in [-0.2, 0) is 4.79 Å². The predicted molar refractivity (Wildman–Crippen MR) is 33.0 cm³/mol. The van der Waals surface area contributed by atoms with Crippen molar-refractivity contribution in [1.29, 1.82) is 0 Å². The molecule has 54 valence electrons. The van der Waals surface area contributed by atoms with Gasteiger partial charge in [-0.05, 0) is 6.42 Å². The summed E-state index contributed by atoms with van der Waals surface area (Å²) < 4.78 is 0. The molecule has 0 radical (unpaired) electrons. The van der Waals surface area contributed by atoms with Crippen LogP contribution >= 0.6 is 0 Å². The van der Waals surface area contributed by atoms with Crippen LogP contribution in [-0.4, -0.2) is 29.2 Å². The second kappa shape index (κ2) is 4.47. The van der Waals surface area contributed by atoms with Gasteiger partial charge in [0, 0.05) is 5.92 Å². The summed E-state index contributed by atoms with van der Waals surface area (Å²) in [4.78, 5) is 10.6. The molecule has 0 aliphatic heterocycles. The number of ketones is 1. The molecule has 9 heavy (non-hydrogen) atoms. The zero-order chi connectivity index (χ0) is 7.28. The highest BCUT2D eigenvalue weighted by molar-refractivity contribution is 5.81. The van der Waals surface area contributed by atoms with E-state index in [2.05, 4.69) is 0 Å². The van der Waals surface area contributed by atoms with Gasteiger partial charge in [0.25, 0.3) is 0 Å². The maximum Gasteiger partial charge on any atom is 0.163 e. The van der Waals surface area contributed by atoms with E-state index in [9.17, 15) is 4.79 Å². The number of carbonyl (C=O) groups excluding carboxylic acids is 1. The molecule has 0 bridgehead atoms. The molecule has 0 aliphatic carbocycles. The van der Waals surface area contributed by atoms with Crippen molar-refractivity contribution in [2.45, 2.75) is 13.3 Å². The Labute approximate surface area is 54.3 Å². The predicted octanol–water partition coefficient (Wildman–Crippen LogP) is -0.434. The van der Waals surface area contributed by atoms with Gasteiger partial charge in [0.2, 0.25) is 0 Å². The number of Topliss-reactive ketones (excluding diaryl/α,β-unsaturated/α-hetero) is 1. The highest BCUT2D eigenvalue weighted by atomic mass is 16.3. The van der Waals surface area contributed by atoms with Crippen molar-refractivity contribution in [2.24, 2.45) is 5.92 Å². The minimum Gasteiger partial charge on any atom is -0.396 e. The fraction of sp³-hybridized carbons (Fsp3) is 0.833. The van der Waals surface area contributed by atoms with Gasteiger partial charge in [-0.1, -0.05) is 6.92 Å². The van der Waals surface area contributed by atoms with E-state index in [1.54, 1.807) is 6.92 Å². The van der Waals surface area contributed by atoms with Crippen LogP contribution in [0.25, 0.3) is 0 Å². The van der Waals surface area contributed by atoms with Gasteiger partial charge in [-0.2, -0.15) is 0 Å². The molecule has 0 aromatic carbocycles. The van der Waals surface area contributed by atoms with E-state index in [1.807, 2.05) is 0 Å². The molecule has 0 saturated carbocycles. The van der Waals surface area contributed by atoms with Crippen molar-refractivity contribution in [3.63, 3.8) is 0 Å². The van der Waals surface area contributed by atoms with Gasteiger partial charge >= 0.3 is 0 Å². The molecule has 1 unspecified atom stereocenters. The van der Waals surface area contributed by atoms with Gasteiger partial charge in [-0.25, -0.2) is 0 Å². The topological polar surface area (TPSA) is 57.5 Å². The fourth-order valence-corrected chi connectivity index (χ4v) is 0.588. The third-order valence-electron chi connectivity index (χ3n) is 1.32. The van der Waals surface area contributed by atoms with Gasteiger partial charge in [-0.3, -0.25) is 4.79 Å². The van der Waals surface area contributed by atoms with E-state index < -0.39 is 6.61 Å². The number of aliphatic hydroxyl groups excluding tert-OH is 2. The largest absolute Gasteiger partial charge is 0.396 e. The first-order valence-electron chi connectivity index (χ1n) is 3.00. The van der Waals surface area contributed by atoms with E-state index in [0.717, 1.165) is 0 Å². The smallest absolute Gasteiger partial charge is 0.163 e. The van der Waals surface area contributed by atoms with Gasteiger partial charge in [0.1, 0.15) is 6.61 Å². The van der Waals surface area contributed by atoms with Gasteiger partial charge in [-0.15, -0.1) is 0 Å². The standard InChI is InChI=1S/C6H12O3/c1-2-5(3-7)6(9)4-8/h5,7-8H,2-4H2,1H3. The zero-order valence-electron chi connectivity index (χ0n) is 5.50. The second-order valence-corrected chi connectivity index (χ2v) is 1.91. The minimum atomic E-state index is -0.459. The summed E-state index contributed by atoms with van der Waals surface area (Å²) in [5.41, 5.74) is 0. The maximum atomic E-state index is 10.6. The molecule has 0 amide bonds. The Balaban J connectivity index is 3.64. The lowest BCUT2D eigenvalue weighted by molar-refractivity contribution is -0.126. The molecule has 0 rings (SSSR count). The summed E-state index contributed by atoms with van der Waals surface area (Å²) in [5, 5.41) is 16.8. The Morgan fingerprint density at radius 3 is 2.22 bits per heavy atom. The molecule has 0 aromatic rings. The Morgan fingerprint density at radius 1 is 1.56 bits per heavy atom. The molecule has 0 aromatic heterocycles. The molecule has 0 fully saturated rings. The van der Waals surface area contributed by atoms with E-state index >= 15 is 0 Å². The number of rotatable bonds is 4. The normalized spacial score (nSPS) is 13.2. The van der Waals surface area contributed by atoms with Crippen LogP contribution in [0.4, 0.5) is 0 Å². The van der Waals surface area contributed by atoms with Crippen molar-refractivity contribution < 1.29 is 15.0 Å². The molecule has 0 spiro atoms. The van der Waals surface area contributed by atoms with Crippen LogP contribution in [0.2, 0.25) is 0 Å². The second-order valence-electron chi connectivity index (χ2n) is 1.91. The zero-order valence-corrected chi connectivity index (χ0v) is 5.50. The summed E-state index contributed by atoms with van der Waals surface area (Å²) in [6.07, 6.45) is 0.593. The summed E-state index contributed by atoms with van der Waals surface area (Å²) in [6.45, 7) is 1.18. The first-order chi connectivity index (χ1) is 4.26. The first kappa shape index (κ1) is 8.59. The Bertz CT molecular complexity index is 86.3. The van der Waals surface area contributed by atoms with Gasteiger partial charge in [0.05, 0.1) is 6.61 Å². The Hall–Kier alpha value is -0.410. The summed E-state index contributed by atoms with van der Waals surface area (Å²) >= 11 is 0. The molecular weight excluding hydrogens is 120 g/mol. The van der Waals surface area contributed by atoms with Crippen LogP contribution in [0.1, 0.15) is 13.3 Å². The van der Waals surface area contributed by atoms with E-state index in [4.69, 9.17) is 10.2 Å². The molecule has 0 heterocycles. The first-order valence-corrected chi connectivity index (χ1v) is 3.00. The number of carbonyl (C=O) groups is 1. The monoisotopic (exact) mass is 132 g/mol.